The van der Waals surface area contributed by atoms with Gasteiger partial charge in [0, 0.05) is 12.6 Å². The number of rotatable bonds is 5. The molecule has 1 heterocycles. The molecule has 3 atom stereocenters. The molecule has 0 radical (unpaired) electrons. The Hall–Kier alpha value is -0.0800. The summed E-state index contributed by atoms with van der Waals surface area (Å²) in [5.74, 6) is 1.60. The van der Waals surface area contributed by atoms with E-state index in [0.29, 0.717) is 12.1 Å². The third-order valence-corrected chi connectivity index (χ3v) is 4.59. The Labute approximate surface area is 107 Å². The van der Waals surface area contributed by atoms with Crippen LogP contribution in [0.4, 0.5) is 0 Å². The predicted molar refractivity (Wildman–Crippen MR) is 72.2 cm³/mol. The summed E-state index contributed by atoms with van der Waals surface area (Å²) in [6.07, 6.45) is 10.1. The Kier molecular flexibility index (Phi) is 5.30. The summed E-state index contributed by atoms with van der Waals surface area (Å²) in [6.45, 7) is 6.74. The summed E-state index contributed by atoms with van der Waals surface area (Å²) in [7, 11) is 0. The van der Waals surface area contributed by atoms with Gasteiger partial charge in [0.05, 0.1) is 6.10 Å². The fourth-order valence-corrected chi connectivity index (χ4v) is 3.53. The van der Waals surface area contributed by atoms with Crippen LogP contribution in [0.25, 0.3) is 0 Å². The third kappa shape index (κ3) is 3.45. The van der Waals surface area contributed by atoms with E-state index < -0.39 is 0 Å². The summed E-state index contributed by atoms with van der Waals surface area (Å²) >= 11 is 0. The van der Waals surface area contributed by atoms with Crippen LogP contribution in [0.1, 0.15) is 58.8 Å². The molecule has 0 amide bonds. The lowest BCUT2D eigenvalue weighted by atomic mass is 9.79. The quantitative estimate of drug-likeness (QED) is 0.794. The second-order valence-corrected chi connectivity index (χ2v) is 5.98. The molecule has 17 heavy (non-hydrogen) atoms. The van der Waals surface area contributed by atoms with Gasteiger partial charge in [-0.25, -0.2) is 0 Å². The summed E-state index contributed by atoms with van der Waals surface area (Å²) < 4.78 is 6.02. The first-order valence-electron chi connectivity index (χ1n) is 7.68. The van der Waals surface area contributed by atoms with E-state index in [1.54, 1.807) is 0 Å². The Morgan fingerprint density at radius 2 is 1.94 bits per heavy atom. The average Bonchev–Trinajstić information content (AvgIpc) is 2.78. The minimum absolute atomic E-state index is 0.477. The highest BCUT2D eigenvalue weighted by molar-refractivity contribution is 4.90. The molecule has 0 bridgehead atoms. The molecule has 1 N–H and O–H groups in total. The van der Waals surface area contributed by atoms with Crippen LogP contribution >= 0.6 is 0 Å². The molecule has 1 aliphatic carbocycles. The van der Waals surface area contributed by atoms with E-state index in [1.165, 1.54) is 44.9 Å². The van der Waals surface area contributed by atoms with E-state index in [9.17, 15) is 0 Å². The van der Waals surface area contributed by atoms with Crippen LogP contribution in [-0.2, 0) is 4.74 Å². The zero-order valence-corrected chi connectivity index (χ0v) is 11.6. The maximum Gasteiger partial charge on any atom is 0.0756 e. The summed E-state index contributed by atoms with van der Waals surface area (Å²) in [6, 6.07) is 0.618. The molecule has 2 rings (SSSR count). The molecular formula is C15H29NO. The smallest absolute Gasteiger partial charge is 0.0756 e. The van der Waals surface area contributed by atoms with Gasteiger partial charge in [0.25, 0.3) is 0 Å². The van der Waals surface area contributed by atoms with Gasteiger partial charge in [0.2, 0.25) is 0 Å². The van der Waals surface area contributed by atoms with Gasteiger partial charge in [-0.05, 0) is 44.1 Å². The normalized spacial score (nSPS) is 32.8. The molecule has 2 fully saturated rings. The molecule has 2 aliphatic rings. The van der Waals surface area contributed by atoms with Gasteiger partial charge in [0.1, 0.15) is 0 Å². The third-order valence-electron chi connectivity index (χ3n) is 4.59. The number of ether oxygens (including phenoxy) is 1. The van der Waals surface area contributed by atoms with E-state index >= 15 is 0 Å². The number of nitrogens with one attached hydrogen (secondary N) is 1. The monoisotopic (exact) mass is 239 g/mol. The first kappa shape index (κ1) is 13.4. The standard InChI is InChI=1S/C15H29NO/c1-3-10-16-14(13-7-5-4-6-8-13)15-12(2)9-11-17-15/h12-16H,3-11H2,1-2H3. The number of hydrogen-bond donors (Lipinski definition) is 1. The van der Waals surface area contributed by atoms with Gasteiger partial charge < -0.3 is 10.1 Å². The van der Waals surface area contributed by atoms with Crippen LogP contribution in [0.5, 0.6) is 0 Å². The van der Waals surface area contributed by atoms with Gasteiger partial charge in [-0.1, -0.05) is 33.1 Å². The highest BCUT2D eigenvalue weighted by Gasteiger charge is 2.36. The minimum atomic E-state index is 0.477. The molecule has 0 spiro atoms. The van der Waals surface area contributed by atoms with Gasteiger partial charge in [0.15, 0.2) is 0 Å². The predicted octanol–water partition coefficient (Wildman–Crippen LogP) is 3.36. The van der Waals surface area contributed by atoms with E-state index in [4.69, 9.17) is 4.74 Å². The van der Waals surface area contributed by atoms with Crippen molar-refractivity contribution in [1.82, 2.24) is 5.32 Å². The van der Waals surface area contributed by atoms with E-state index in [2.05, 4.69) is 19.2 Å². The van der Waals surface area contributed by atoms with Crippen molar-refractivity contribution in [3.63, 3.8) is 0 Å². The highest BCUT2D eigenvalue weighted by atomic mass is 16.5. The summed E-state index contributed by atoms with van der Waals surface area (Å²) in [4.78, 5) is 0. The molecular weight excluding hydrogens is 210 g/mol. The molecule has 3 unspecified atom stereocenters. The van der Waals surface area contributed by atoms with Crippen LogP contribution in [0.3, 0.4) is 0 Å². The van der Waals surface area contributed by atoms with Crippen LogP contribution in [0, 0.1) is 11.8 Å². The van der Waals surface area contributed by atoms with Crippen molar-refractivity contribution >= 4 is 0 Å². The molecule has 2 heteroatoms. The molecule has 1 saturated heterocycles. The number of hydrogen-bond acceptors (Lipinski definition) is 2. The summed E-state index contributed by atoms with van der Waals surface area (Å²) in [5.41, 5.74) is 0. The molecule has 0 aromatic carbocycles. The van der Waals surface area contributed by atoms with E-state index in [-0.39, 0.29) is 0 Å². The molecule has 0 aromatic heterocycles. The average molecular weight is 239 g/mol. The molecule has 2 nitrogen and oxygen atoms in total. The first-order chi connectivity index (χ1) is 8.33. The van der Waals surface area contributed by atoms with E-state index in [0.717, 1.165) is 25.0 Å². The van der Waals surface area contributed by atoms with Crippen LogP contribution in [0.2, 0.25) is 0 Å². The fourth-order valence-electron chi connectivity index (χ4n) is 3.53. The second kappa shape index (κ2) is 6.75. The largest absolute Gasteiger partial charge is 0.376 e. The minimum Gasteiger partial charge on any atom is -0.376 e. The molecule has 1 aliphatic heterocycles. The van der Waals surface area contributed by atoms with Crippen molar-refractivity contribution in [2.24, 2.45) is 11.8 Å². The second-order valence-electron chi connectivity index (χ2n) is 5.98. The SMILES string of the molecule is CCCNC(C1CCCCC1)C1OCCC1C. The molecule has 0 aromatic rings. The van der Waals surface area contributed by atoms with Crippen molar-refractivity contribution in [3.05, 3.63) is 0 Å². The maximum atomic E-state index is 6.02. The Balaban J connectivity index is 1.95. The van der Waals surface area contributed by atoms with Crippen molar-refractivity contribution in [2.45, 2.75) is 70.9 Å². The zero-order valence-electron chi connectivity index (χ0n) is 11.6. The van der Waals surface area contributed by atoms with Crippen molar-refractivity contribution in [3.8, 4) is 0 Å². The Morgan fingerprint density at radius 1 is 1.18 bits per heavy atom. The Bertz CT molecular complexity index is 213. The van der Waals surface area contributed by atoms with Crippen molar-refractivity contribution < 1.29 is 4.74 Å². The Morgan fingerprint density at radius 3 is 2.53 bits per heavy atom. The highest BCUT2D eigenvalue weighted by Crippen LogP contribution is 2.33. The van der Waals surface area contributed by atoms with Gasteiger partial charge in [-0.15, -0.1) is 0 Å². The van der Waals surface area contributed by atoms with Crippen molar-refractivity contribution in [2.75, 3.05) is 13.2 Å². The fraction of sp³-hybridized carbons (Fsp3) is 1.00. The lowest BCUT2D eigenvalue weighted by Crippen LogP contribution is -2.48. The lowest BCUT2D eigenvalue weighted by molar-refractivity contribution is 0.0333. The van der Waals surface area contributed by atoms with Crippen molar-refractivity contribution in [1.29, 1.82) is 0 Å². The zero-order chi connectivity index (χ0) is 12.1. The van der Waals surface area contributed by atoms with Crippen LogP contribution < -0.4 is 5.32 Å². The van der Waals surface area contributed by atoms with Gasteiger partial charge in [-0.2, -0.15) is 0 Å². The topological polar surface area (TPSA) is 21.3 Å². The van der Waals surface area contributed by atoms with Gasteiger partial charge >= 0.3 is 0 Å². The van der Waals surface area contributed by atoms with Gasteiger partial charge in [-0.3, -0.25) is 0 Å². The van der Waals surface area contributed by atoms with Crippen LogP contribution in [0.15, 0.2) is 0 Å². The molecule has 100 valence electrons. The first-order valence-corrected chi connectivity index (χ1v) is 7.68. The summed E-state index contributed by atoms with van der Waals surface area (Å²) in [5, 5.41) is 3.79. The van der Waals surface area contributed by atoms with Crippen LogP contribution in [-0.4, -0.2) is 25.3 Å². The lowest BCUT2D eigenvalue weighted by Gasteiger charge is -2.36. The molecule has 1 saturated carbocycles. The van der Waals surface area contributed by atoms with E-state index in [1.807, 2.05) is 0 Å². The maximum absolute atomic E-state index is 6.02.